The third kappa shape index (κ3) is 3.59. The highest BCUT2D eigenvalue weighted by atomic mass is 79.9. The first-order valence-corrected chi connectivity index (χ1v) is 8.22. The minimum Gasteiger partial charge on any atom is -0.310 e. The highest BCUT2D eigenvalue weighted by Gasteiger charge is 2.22. The predicted molar refractivity (Wildman–Crippen MR) is 83.1 cm³/mol. The minimum absolute atomic E-state index is 0.781. The molecule has 3 heteroatoms. The van der Waals surface area contributed by atoms with Crippen LogP contribution >= 0.6 is 15.9 Å². The molecule has 2 fully saturated rings. The fourth-order valence-corrected chi connectivity index (χ4v) is 3.16. The first kappa shape index (κ1) is 13.6. The molecule has 0 aromatic heterocycles. The van der Waals surface area contributed by atoms with Gasteiger partial charge < -0.3 is 5.32 Å². The number of nitrogens with one attached hydrogen (secondary N) is 1. The third-order valence-corrected chi connectivity index (χ3v) is 5.15. The molecule has 3 rings (SSSR count). The van der Waals surface area contributed by atoms with E-state index >= 15 is 0 Å². The van der Waals surface area contributed by atoms with Gasteiger partial charge in [-0.2, -0.15) is 0 Å². The molecule has 0 spiro atoms. The Morgan fingerprint density at radius 2 is 2.05 bits per heavy atom. The van der Waals surface area contributed by atoms with Gasteiger partial charge in [0.15, 0.2) is 0 Å². The molecule has 2 aliphatic rings. The fraction of sp³-hybridized carbons (Fsp3) is 0.625. The van der Waals surface area contributed by atoms with Crippen LogP contribution in [0.25, 0.3) is 0 Å². The fourth-order valence-electron chi connectivity index (χ4n) is 2.60. The average Bonchev–Trinajstić information content (AvgIpc) is 3.11. The van der Waals surface area contributed by atoms with E-state index in [1.54, 1.807) is 0 Å². The molecular weight excluding hydrogens is 300 g/mol. The van der Waals surface area contributed by atoms with E-state index in [2.05, 4.69) is 51.4 Å². The van der Waals surface area contributed by atoms with Crippen molar-refractivity contribution in [3.8, 4) is 0 Å². The molecule has 0 amide bonds. The van der Waals surface area contributed by atoms with Gasteiger partial charge in [-0.25, -0.2) is 0 Å². The Balaban J connectivity index is 1.58. The monoisotopic (exact) mass is 322 g/mol. The smallest absolute Gasteiger partial charge is 0.0244 e. The lowest BCUT2D eigenvalue weighted by molar-refractivity contribution is 0.152. The minimum atomic E-state index is 0.781. The molecule has 2 aliphatic carbocycles. The van der Waals surface area contributed by atoms with E-state index in [0.29, 0.717) is 0 Å². The highest BCUT2D eigenvalue weighted by molar-refractivity contribution is 9.10. The number of rotatable bonds is 6. The van der Waals surface area contributed by atoms with Gasteiger partial charge in [0.05, 0.1) is 0 Å². The number of halogens is 1. The average molecular weight is 323 g/mol. The molecule has 1 aromatic carbocycles. The molecule has 0 radical (unpaired) electrons. The van der Waals surface area contributed by atoms with Crippen LogP contribution < -0.4 is 5.32 Å². The zero-order valence-electron chi connectivity index (χ0n) is 11.7. The van der Waals surface area contributed by atoms with Crippen LogP contribution in [0.5, 0.6) is 0 Å². The van der Waals surface area contributed by atoms with Gasteiger partial charge in [0.1, 0.15) is 0 Å². The second kappa shape index (κ2) is 5.94. The van der Waals surface area contributed by atoms with Crippen molar-refractivity contribution in [1.29, 1.82) is 0 Å². The van der Waals surface area contributed by atoms with Crippen LogP contribution in [0.1, 0.15) is 43.2 Å². The molecule has 0 atom stereocenters. The molecule has 0 aliphatic heterocycles. The molecule has 0 unspecified atom stereocenters. The summed E-state index contributed by atoms with van der Waals surface area (Å²) in [5.41, 5.74) is 2.79. The van der Waals surface area contributed by atoms with Crippen molar-refractivity contribution in [3.63, 3.8) is 0 Å². The summed E-state index contributed by atoms with van der Waals surface area (Å²) in [7, 11) is 2.25. The molecule has 0 bridgehead atoms. The Morgan fingerprint density at radius 1 is 1.26 bits per heavy atom. The van der Waals surface area contributed by atoms with Gasteiger partial charge in [0, 0.05) is 29.6 Å². The Morgan fingerprint density at radius 3 is 2.63 bits per heavy atom. The molecule has 2 saturated carbocycles. The maximum absolute atomic E-state index is 3.73. The van der Waals surface area contributed by atoms with E-state index in [1.165, 1.54) is 47.7 Å². The van der Waals surface area contributed by atoms with Gasteiger partial charge in [-0.15, -0.1) is 0 Å². The largest absolute Gasteiger partial charge is 0.310 e. The lowest BCUT2D eigenvalue weighted by Gasteiger charge is -2.35. The van der Waals surface area contributed by atoms with E-state index < -0.39 is 0 Å². The van der Waals surface area contributed by atoms with Crippen LogP contribution in [0.15, 0.2) is 22.7 Å². The summed E-state index contributed by atoms with van der Waals surface area (Å²) in [6.45, 7) is 2.06. The van der Waals surface area contributed by atoms with Gasteiger partial charge in [-0.3, -0.25) is 4.90 Å². The Bertz CT molecular complexity index is 438. The summed E-state index contributed by atoms with van der Waals surface area (Å²) in [4.78, 5) is 2.49. The Hall–Kier alpha value is -0.380. The van der Waals surface area contributed by atoms with Crippen molar-refractivity contribution in [2.75, 3.05) is 7.05 Å². The third-order valence-electron chi connectivity index (χ3n) is 4.41. The van der Waals surface area contributed by atoms with Crippen molar-refractivity contribution in [2.24, 2.45) is 0 Å². The molecular formula is C16H23BrN2. The normalized spacial score (nSPS) is 19.7. The maximum Gasteiger partial charge on any atom is 0.0244 e. The highest BCUT2D eigenvalue weighted by Crippen LogP contribution is 2.27. The van der Waals surface area contributed by atoms with Crippen LogP contribution in [0, 0.1) is 0 Å². The second-order valence-corrected chi connectivity index (χ2v) is 6.94. The van der Waals surface area contributed by atoms with Gasteiger partial charge in [0.25, 0.3) is 0 Å². The number of hydrogen-bond donors (Lipinski definition) is 1. The van der Waals surface area contributed by atoms with Crippen molar-refractivity contribution in [1.82, 2.24) is 10.2 Å². The van der Waals surface area contributed by atoms with Crippen LogP contribution in [0.3, 0.4) is 0 Å². The van der Waals surface area contributed by atoms with Crippen LogP contribution in [-0.4, -0.2) is 24.0 Å². The van der Waals surface area contributed by atoms with Gasteiger partial charge in [-0.05, 0) is 49.9 Å². The molecule has 1 aromatic rings. The number of nitrogens with zero attached hydrogens (tertiary/aromatic N) is 1. The number of hydrogen-bond acceptors (Lipinski definition) is 2. The number of benzene rings is 1. The van der Waals surface area contributed by atoms with Crippen LogP contribution in [0.4, 0.5) is 0 Å². The van der Waals surface area contributed by atoms with Gasteiger partial charge >= 0.3 is 0 Å². The van der Waals surface area contributed by atoms with E-state index in [0.717, 1.165) is 25.2 Å². The molecule has 2 nitrogen and oxygen atoms in total. The van der Waals surface area contributed by atoms with Crippen molar-refractivity contribution in [3.05, 3.63) is 33.8 Å². The zero-order chi connectivity index (χ0) is 13.2. The molecule has 0 saturated heterocycles. The van der Waals surface area contributed by atoms with E-state index in [4.69, 9.17) is 0 Å². The van der Waals surface area contributed by atoms with E-state index in [9.17, 15) is 0 Å². The second-order valence-electron chi connectivity index (χ2n) is 6.08. The molecule has 0 heterocycles. The lowest BCUT2D eigenvalue weighted by atomic mass is 9.91. The van der Waals surface area contributed by atoms with Gasteiger partial charge in [-0.1, -0.05) is 34.5 Å². The van der Waals surface area contributed by atoms with Crippen molar-refractivity contribution < 1.29 is 0 Å². The first-order valence-electron chi connectivity index (χ1n) is 7.43. The molecule has 1 N–H and O–H groups in total. The summed E-state index contributed by atoms with van der Waals surface area (Å²) >= 11 is 3.73. The standard InChI is InChI=1S/C16H23BrN2/c1-19(15-3-2-4-15)11-13-6-5-12(9-16(13)17)10-18-14-7-8-14/h5-6,9,14-15,18H,2-4,7-8,10-11H2,1H3. The summed E-state index contributed by atoms with van der Waals surface area (Å²) in [5, 5.41) is 3.57. The predicted octanol–water partition coefficient (Wildman–Crippen LogP) is 3.69. The quantitative estimate of drug-likeness (QED) is 0.859. The van der Waals surface area contributed by atoms with Crippen LogP contribution in [0.2, 0.25) is 0 Å². The summed E-state index contributed by atoms with van der Waals surface area (Å²) in [6.07, 6.45) is 6.86. The SMILES string of the molecule is CN(Cc1ccc(CNC2CC2)cc1Br)C1CCC1. The van der Waals surface area contributed by atoms with Crippen molar-refractivity contribution in [2.45, 2.75) is 57.3 Å². The molecule has 19 heavy (non-hydrogen) atoms. The summed E-state index contributed by atoms with van der Waals surface area (Å²) < 4.78 is 1.26. The molecule has 104 valence electrons. The Labute approximate surface area is 124 Å². The maximum atomic E-state index is 3.73. The lowest BCUT2D eigenvalue weighted by Crippen LogP contribution is -2.36. The van der Waals surface area contributed by atoms with E-state index in [1.807, 2.05) is 0 Å². The first-order chi connectivity index (χ1) is 9.22. The van der Waals surface area contributed by atoms with Gasteiger partial charge in [0.2, 0.25) is 0 Å². The van der Waals surface area contributed by atoms with Crippen molar-refractivity contribution >= 4 is 15.9 Å². The summed E-state index contributed by atoms with van der Waals surface area (Å²) in [6, 6.07) is 8.42. The zero-order valence-corrected chi connectivity index (χ0v) is 13.2. The Kier molecular flexibility index (Phi) is 4.25. The topological polar surface area (TPSA) is 15.3 Å². The van der Waals surface area contributed by atoms with E-state index in [-0.39, 0.29) is 0 Å². The summed E-state index contributed by atoms with van der Waals surface area (Å²) in [5.74, 6) is 0. The van der Waals surface area contributed by atoms with Crippen LogP contribution in [-0.2, 0) is 13.1 Å².